The lowest BCUT2D eigenvalue weighted by Gasteiger charge is -2.32. The smallest absolute Gasteiger partial charge is 0.347 e. The van der Waals surface area contributed by atoms with Crippen LogP contribution in [0.5, 0.6) is 0 Å². The van der Waals surface area contributed by atoms with Crippen molar-refractivity contribution in [3.63, 3.8) is 0 Å². The first kappa shape index (κ1) is 38.7. The molecule has 264 valence electrons. The molecule has 0 radical (unpaired) electrons. The highest BCUT2D eigenvalue weighted by Crippen LogP contribution is 2.27. The van der Waals surface area contributed by atoms with Crippen LogP contribution in [-0.4, -0.2) is 80.3 Å². The second kappa shape index (κ2) is 19.3. The van der Waals surface area contributed by atoms with Gasteiger partial charge in [0.05, 0.1) is 0 Å². The van der Waals surface area contributed by atoms with Crippen LogP contribution < -0.4 is 5.32 Å². The standard InChI is InChI=1S/C38H54N2O8/c1-25(2)21-32(39-6)37(43)48-34(23-28-13-15-30(16-14-28)31-17-19-45-20-18-31)35(41)40(7)33(22-26(3)4)38(44)47-27(5)36(42)46-24-29-11-9-8-10-12-29/h8-16,25-27,31-34,39H,17-24H2,1-7H3/t27-,32?,33+,34?/m1/s1. The maximum atomic E-state index is 14.2. The Kier molecular flexibility index (Phi) is 15.5. The van der Waals surface area contributed by atoms with Gasteiger partial charge >= 0.3 is 17.9 Å². The third kappa shape index (κ3) is 12.0. The summed E-state index contributed by atoms with van der Waals surface area (Å²) < 4.78 is 22.3. The van der Waals surface area contributed by atoms with Crippen LogP contribution in [-0.2, 0) is 51.2 Å². The van der Waals surface area contributed by atoms with E-state index in [0.29, 0.717) is 12.3 Å². The van der Waals surface area contributed by atoms with E-state index in [9.17, 15) is 19.2 Å². The Morgan fingerprint density at radius 3 is 2.02 bits per heavy atom. The van der Waals surface area contributed by atoms with Crippen molar-refractivity contribution in [2.45, 2.75) is 104 Å². The lowest BCUT2D eigenvalue weighted by atomic mass is 9.90. The summed E-state index contributed by atoms with van der Waals surface area (Å²) in [5.41, 5.74) is 2.84. The van der Waals surface area contributed by atoms with Crippen molar-refractivity contribution in [1.82, 2.24) is 10.2 Å². The summed E-state index contributed by atoms with van der Waals surface area (Å²) in [6.07, 6.45) is 0.491. The van der Waals surface area contributed by atoms with Gasteiger partial charge in [0.2, 0.25) is 0 Å². The molecule has 0 spiro atoms. The zero-order chi connectivity index (χ0) is 35.2. The Hall–Kier alpha value is -3.76. The maximum absolute atomic E-state index is 14.2. The van der Waals surface area contributed by atoms with Gasteiger partial charge in [-0.1, -0.05) is 82.3 Å². The zero-order valence-corrected chi connectivity index (χ0v) is 29.6. The minimum atomic E-state index is -1.19. The second-order valence-electron chi connectivity index (χ2n) is 13.5. The molecule has 0 aliphatic carbocycles. The Bertz CT molecular complexity index is 1310. The molecule has 1 heterocycles. The molecule has 0 bridgehead atoms. The fraction of sp³-hybridized carbons (Fsp3) is 0.579. The summed E-state index contributed by atoms with van der Waals surface area (Å²) in [5.74, 6) is -1.84. The number of nitrogens with zero attached hydrogens (tertiary/aromatic N) is 1. The van der Waals surface area contributed by atoms with E-state index in [0.717, 1.165) is 37.2 Å². The van der Waals surface area contributed by atoms with Gasteiger partial charge < -0.3 is 29.2 Å². The summed E-state index contributed by atoms with van der Waals surface area (Å²) in [5, 5.41) is 3.01. The highest BCUT2D eigenvalue weighted by molar-refractivity contribution is 5.90. The molecule has 2 unspecified atom stereocenters. The highest BCUT2D eigenvalue weighted by Gasteiger charge is 2.37. The molecule has 0 aromatic heterocycles. The van der Waals surface area contributed by atoms with Crippen LogP contribution in [0, 0.1) is 11.8 Å². The molecule has 10 nitrogen and oxygen atoms in total. The topological polar surface area (TPSA) is 120 Å². The molecule has 10 heteroatoms. The molecule has 1 amide bonds. The third-order valence-corrected chi connectivity index (χ3v) is 8.60. The van der Waals surface area contributed by atoms with E-state index >= 15 is 0 Å². The Balaban J connectivity index is 1.78. The molecular weight excluding hydrogens is 612 g/mol. The monoisotopic (exact) mass is 666 g/mol. The van der Waals surface area contributed by atoms with Crippen LogP contribution in [0.25, 0.3) is 0 Å². The van der Waals surface area contributed by atoms with Gasteiger partial charge in [-0.25, -0.2) is 9.59 Å². The van der Waals surface area contributed by atoms with Crippen molar-refractivity contribution in [2.75, 3.05) is 27.3 Å². The van der Waals surface area contributed by atoms with E-state index in [1.165, 1.54) is 24.4 Å². The average Bonchev–Trinajstić information content (AvgIpc) is 3.08. The number of carbonyl (C=O) groups excluding carboxylic acids is 4. The van der Waals surface area contributed by atoms with Crippen molar-refractivity contribution < 1.29 is 38.1 Å². The van der Waals surface area contributed by atoms with Gasteiger partial charge in [-0.3, -0.25) is 9.59 Å². The molecule has 2 aromatic rings. The van der Waals surface area contributed by atoms with E-state index in [1.54, 1.807) is 7.05 Å². The van der Waals surface area contributed by atoms with Crippen LogP contribution in [0.2, 0.25) is 0 Å². The number of hydrogen-bond acceptors (Lipinski definition) is 9. The molecule has 4 atom stereocenters. The molecule has 1 saturated heterocycles. The molecule has 48 heavy (non-hydrogen) atoms. The summed E-state index contributed by atoms with van der Waals surface area (Å²) in [6.45, 7) is 10.8. The van der Waals surface area contributed by atoms with E-state index in [1.807, 2.05) is 70.2 Å². The summed E-state index contributed by atoms with van der Waals surface area (Å²) in [6, 6.07) is 15.6. The lowest BCUT2D eigenvalue weighted by Crippen LogP contribution is -2.51. The number of carbonyl (C=O) groups is 4. The molecule has 1 fully saturated rings. The fourth-order valence-electron chi connectivity index (χ4n) is 5.76. The molecule has 2 aromatic carbocycles. The minimum Gasteiger partial charge on any atom is -0.458 e. The van der Waals surface area contributed by atoms with Gasteiger partial charge in [0.1, 0.15) is 18.7 Å². The van der Waals surface area contributed by atoms with E-state index in [4.69, 9.17) is 18.9 Å². The first-order valence-corrected chi connectivity index (χ1v) is 17.1. The number of ether oxygens (including phenoxy) is 4. The number of nitrogens with one attached hydrogen (secondary N) is 1. The van der Waals surface area contributed by atoms with Crippen molar-refractivity contribution in [1.29, 1.82) is 0 Å². The summed E-state index contributed by atoms with van der Waals surface area (Å²) in [4.78, 5) is 55.0. The molecule has 1 aliphatic heterocycles. The van der Waals surface area contributed by atoms with Gasteiger partial charge in [0, 0.05) is 26.7 Å². The van der Waals surface area contributed by atoms with Crippen LogP contribution in [0.15, 0.2) is 54.6 Å². The summed E-state index contributed by atoms with van der Waals surface area (Å²) in [7, 11) is 3.20. The van der Waals surface area contributed by atoms with E-state index in [-0.39, 0.29) is 31.3 Å². The predicted molar refractivity (Wildman–Crippen MR) is 183 cm³/mol. The fourth-order valence-corrected chi connectivity index (χ4v) is 5.76. The van der Waals surface area contributed by atoms with E-state index < -0.39 is 48.1 Å². The van der Waals surface area contributed by atoms with Crippen molar-refractivity contribution in [2.24, 2.45) is 11.8 Å². The maximum Gasteiger partial charge on any atom is 0.347 e. The highest BCUT2D eigenvalue weighted by atomic mass is 16.6. The third-order valence-electron chi connectivity index (χ3n) is 8.60. The lowest BCUT2D eigenvalue weighted by molar-refractivity contribution is -0.174. The second-order valence-corrected chi connectivity index (χ2v) is 13.5. The van der Waals surface area contributed by atoms with Gasteiger partial charge in [0.15, 0.2) is 12.2 Å². The number of benzene rings is 2. The Morgan fingerprint density at radius 2 is 1.44 bits per heavy atom. The molecule has 0 saturated carbocycles. The molecule has 1 N–H and O–H groups in total. The Labute approximate surface area is 285 Å². The van der Waals surface area contributed by atoms with Crippen LogP contribution in [0.3, 0.4) is 0 Å². The minimum absolute atomic E-state index is 0.0107. The van der Waals surface area contributed by atoms with Crippen molar-refractivity contribution >= 4 is 23.8 Å². The van der Waals surface area contributed by atoms with Gasteiger partial charge in [-0.15, -0.1) is 0 Å². The summed E-state index contributed by atoms with van der Waals surface area (Å²) >= 11 is 0. The molecule has 1 aliphatic rings. The van der Waals surface area contributed by atoms with Gasteiger partial charge in [0.25, 0.3) is 5.91 Å². The van der Waals surface area contributed by atoms with Crippen molar-refractivity contribution in [3.05, 3.63) is 71.3 Å². The number of amides is 1. The molecule has 3 rings (SSSR count). The zero-order valence-electron chi connectivity index (χ0n) is 29.6. The SMILES string of the molecule is CNC(CC(C)C)C(=O)OC(Cc1ccc(C2CCOCC2)cc1)C(=O)N(C)[C@@H](CC(C)C)C(=O)O[C@H](C)C(=O)OCc1ccccc1. The normalized spacial score (nSPS) is 16.1. The number of likely N-dealkylation sites (N-methyl/N-ethyl adjacent to an activating group) is 2. The number of hydrogen-bond donors (Lipinski definition) is 1. The van der Waals surface area contributed by atoms with Crippen LogP contribution >= 0.6 is 0 Å². The van der Waals surface area contributed by atoms with Crippen LogP contribution in [0.1, 0.15) is 82.9 Å². The quantitative estimate of drug-likeness (QED) is 0.179. The number of rotatable bonds is 17. The largest absolute Gasteiger partial charge is 0.458 e. The van der Waals surface area contributed by atoms with Crippen LogP contribution in [0.4, 0.5) is 0 Å². The predicted octanol–water partition coefficient (Wildman–Crippen LogP) is 5.22. The first-order valence-electron chi connectivity index (χ1n) is 17.1. The van der Waals surface area contributed by atoms with E-state index in [2.05, 4.69) is 17.4 Å². The van der Waals surface area contributed by atoms with Gasteiger partial charge in [-0.05, 0) is 74.1 Å². The van der Waals surface area contributed by atoms with Crippen molar-refractivity contribution in [3.8, 4) is 0 Å². The molecular formula is C38H54N2O8. The number of esters is 3. The first-order chi connectivity index (χ1) is 22.9. The average molecular weight is 667 g/mol. The Morgan fingerprint density at radius 1 is 0.812 bits per heavy atom. The van der Waals surface area contributed by atoms with Gasteiger partial charge in [-0.2, -0.15) is 0 Å².